The Morgan fingerprint density at radius 3 is 2.28 bits per heavy atom. The normalized spacial score (nSPS) is 11.4. The minimum atomic E-state index is -4.58. The molecular formula is C23H16F3N3O3. The fourth-order valence-electron chi connectivity index (χ4n) is 3.32. The van der Waals surface area contributed by atoms with Crippen molar-refractivity contribution >= 4 is 28.2 Å². The van der Waals surface area contributed by atoms with Crippen molar-refractivity contribution in [1.82, 2.24) is 10.2 Å². The van der Waals surface area contributed by atoms with E-state index in [0.29, 0.717) is 22.0 Å². The van der Waals surface area contributed by atoms with Gasteiger partial charge in [-0.25, -0.2) is 4.79 Å². The van der Waals surface area contributed by atoms with Gasteiger partial charge in [0.05, 0.1) is 18.2 Å². The summed E-state index contributed by atoms with van der Waals surface area (Å²) in [6.07, 6.45) is -4.58. The molecule has 1 aromatic heterocycles. The third kappa shape index (κ3) is 4.04. The molecule has 0 aliphatic heterocycles. The number of aromatic nitrogens is 2. The van der Waals surface area contributed by atoms with Crippen molar-refractivity contribution in [2.24, 2.45) is 0 Å². The van der Waals surface area contributed by atoms with E-state index in [1.54, 1.807) is 30.3 Å². The first-order valence-electron chi connectivity index (χ1n) is 9.39. The van der Waals surface area contributed by atoms with Crippen LogP contribution in [0.25, 0.3) is 22.0 Å². The summed E-state index contributed by atoms with van der Waals surface area (Å²) in [5.74, 6) is -1.03. The molecule has 6 nitrogen and oxygen atoms in total. The van der Waals surface area contributed by atoms with Gasteiger partial charge >= 0.3 is 12.1 Å². The number of nitrogens with one attached hydrogen (secondary N) is 1. The van der Waals surface area contributed by atoms with Crippen molar-refractivity contribution in [2.75, 3.05) is 12.4 Å². The fourth-order valence-corrected chi connectivity index (χ4v) is 3.32. The number of benzene rings is 3. The number of fused-ring (bicyclic) bond motifs is 1. The standard InChI is InChI=1S/C23H16F3N3O3/c1-32-19-11-10-15(12-18(19)23(24,25)26)27-21-17-5-3-2-4-16(17)20(28-29-21)13-6-8-14(9-7-13)22(30)31/h2-12H,1H3,(H,27,29)(H,30,31). The number of halogens is 3. The number of methoxy groups -OCH3 is 1. The maximum atomic E-state index is 13.4. The van der Waals surface area contributed by atoms with E-state index in [1.807, 2.05) is 6.07 Å². The Hall–Kier alpha value is -4.14. The number of alkyl halides is 3. The zero-order valence-corrected chi connectivity index (χ0v) is 16.6. The molecule has 0 saturated carbocycles. The number of hydrogen-bond donors (Lipinski definition) is 2. The third-order valence-electron chi connectivity index (χ3n) is 4.86. The van der Waals surface area contributed by atoms with Crippen molar-refractivity contribution in [1.29, 1.82) is 0 Å². The molecule has 3 aromatic carbocycles. The Bertz CT molecular complexity index is 1310. The first-order chi connectivity index (χ1) is 15.3. The van der Waals surface area contributed by atoms with Gasteiger partial charge in [-0.05, 0) is 30.3 Å². The zero-order valence-electron chi connectivity index (χ0n) is 16.6. The van der Waals surface area contributed by atoms with Crippen LogP contribution in [0, 0.1) is 0 Å². The molecule has 1 heterocycles. The fraction of sp³-hybridized carbons (Fsp3) is 0.0870. The maximum absolute atomic E-state index is 13.4. The molecule has 0 amide bonds. The summed E-state index contributed by atoms with van der Waals surface area (Å²) in [7, 11) is 1.18. The molecule has 32 heavy (non-hydrogen) atoms. The van der Waals surface area contributed by atoms with Gasteiger partial charge in [-0.3, -0.25) is 0 Å². The Kier molecular flexibility index (Phi) is 5.40. The summed E-state index contributed by atoms with van der Waals surface area (Å²) in [4.78, 5) is 11.1. The van der Waals surface area contributed by atoms with Gasteiger partial charge < -0.3 is 15.2 Å². The molecule has 0 aliphatic carbocycles. The Morgan fingerprint density at radius 2 is 1.66 bits per heavy atom. The van der Waals surface area contributed by atoms with E-state index < -0.39 is 17.7 Å². The highest BCUT2D eigenvalue weighted by atomic mass is 19.4. The van der Waals surface area contributed by atoms with E-state index in [-0.39, 0.29) is 22.8 Å². The van der Waals surface area contributed by atoms with E-state index >= 15 is 0 Å². The molecule has 0 unspecified atom stereocenters. The van der Waals surface area contributed by atoms with E-state index in [0.717, 1.165) is 6.07 Å². The van der Waals surface area contributed by atoms with Crippen LogP contribution < -0.4 is 10.1 Å². The SMILES string of the molecule is COc1ccc(Nc2nnc(-c3ccc(C(=O)O)cc3)c3ccccc23)cc1C(F)(F)F. The van der Waals surface area contributed by atoms with Crippen LogP contribution in [0.1, 0.15) is 15.9 Å². The van der Waals surface area contributed by atoms with Gasteiger partial charge in [0.15, 0.2) is 5.82 Å². The summed E-state index contributed by atoms with van der Waals surface area (Å²) >= 11 is 0. The Balaban J connectivity index is 1.76. The first kappa shape index (κ1) is 21.1. The molecule has 0 atom stereocenters. The molecule has 0 fully saturated rings. The molecule has 0 saturated heterocycles. The van der Waals surface area contributed by atoms with Crippen molar-refractivity contribution in [3.05, 3.63) is 77.9 Å². The summed E-state index contributed by atoms with van der Waals surface area (Å²) in [6, 6.07) is 17.0. The number of carbonyl (C=O) groups is 1. The molecule has 162 valence electrons. The molecule has 2 N–H and O–H groups in total. The van der Waals surface area contributed by atoms with Crippen LogP contribution in [0.5, 0.6) is 5.75 Å². The Labute approximate surface area is 180 Å². The highest BCUT2D eigenvalue weighted by Gasteiger charge is 2.34. The van der Waals surface area contributed by atoms with Crippen LogP contribution in [0.3, 0.4) is 0 Å². The van der Waals surface area contributed by atoms with E-state index in [4.69, 9.17) is 9.84 Å². The molecular weight excluding hydrogens is 423 g/mol. The van der Waals surface area contributed by atoms with Crippen LogP contribution in [0.15, 0.2) is 66.7 Å². The van der Waals surface area contributed by atoms with Gasteiger partial charge in [-0.2, -0.15) is 13.2 Å². The number of anilines is 2. The Morgan fingerprint density at radius 1 is 0.969 bits per heavy atom. The number of carboxylic acid groups (broad SMARTS) is 1. The highest BCUT2D eigenvalue weighted by molar-refractivity contribution is 6.01. The average Bonchev–Trinajstić information content (AvgIpc) is 2.79. The monoisotopic (exact) mass is 439 g/mol. The van der Waals surface area contributed by atoms with Gasteiger partial charge in [0.1, 0.15) is 11.4 Å². The third-order valence-corrected chi connectivity index (χ3v) is 4.86. The zero-order chi connectivity index (χ0) is 22.9. The van der Waals surface area contributed by atoms with Crippen LogP contribution in [0.4, 0.5) is 24.7 Å². The summed E-state index contributed by atoms with van der Waals surface area (Å²) < 4.78 is 44.9. The predicted molar refractivity (Wildman–Crippen MR) is 113 cm³/mol. The number of aromatic carboxylic acids is 1. The molecule has 0 spiro atoms. The molecule has 4 aromatic rings. The van der Waals surface area contributed by atoms with Gasteiger partial charge in [-0.15, -0.1) is 10.2 Å². The summed E-state index contributed by atoms with van der Waals surface area (Å²) in [5, 5.41) is 21.8. The smallest absolute Gasteiger partial charge is 0.420 e. The number of hydrogen-bond acceptors (Lipinski definition) is 5. The molecule has 0 aliphatic rings. The highest BCUT2D eigenvalue weighted by Crippen LogP contribution is 2.39. The predicted octanol–water partition coefficient (Wildman–Crippen LogP) is 5.77. The summed E-state index contributed by atoms with van der Waals surface area (Å²) in [6.45, 7) is 0. The van der Waals surface area contributed by atoms with E-state index in [2.05, 4.69) is 15.5 Å². The quantitative estimate of drug-likeness (QED) is 0.411. The van der Waals surface area contributed by atoms with E-state index in [1.165, 1.54) is 31.4 Å². The van der Waals surface area contributed by atoms with E-state index in [9.17, 15) is 18.0 Å². The lowest BCUT2D eigenvalue weighted by atomic mass is 10.0. The lowest BCUT2D eigenvalue weighted by Gasteiger charge is -2.15. The molecule has 0 radical (unpaired) electrons. The van der Waals surface area contributed by atoms with Crippen LogP contribution in [0.2, 0.25) is 0 Å². The van der Waals surface area contributed by atoms with Gasteiger partial charge in [-0.1, -0.05) is 36.4 Å². The second-order valence-corrected chi connectivity index (χ2v) is 6.86. The maximum Gasteiger partial charge on any atom is 0.420 e. The minimum absolute atomic E-state index is 0.143. The lowest BCUT2D eigenvalue weighted by molar-refractivity contribution is -0.138. The number of ether oxygens (including phenoxy) is 1. The number of rotatable bonds is 5. The van der Waals surface area contributed by atoms with Crippen molar-refractivity contribution in [3.8, 4) is 17.0 Å². The topological polar surface area (TPSA) is 84.3 Å². The number of nitrogens with zero attached hydrogens (tertiary/aromatic N) is 2. The van der Waals surface area contributed by atoms with Crippen LogP contribution in [-0.4, -0.2) is 28.4 Å². The second kappa shape index (κ2) is 8.18. The largest absolute Gasteiger partial charge is 0.496 e. The van der Waals surface area contributed by atoms with Gasteiger partial charge in [0, 0.05) is 22.0 Å². The van der Waals surface area contributed by atoms with Crippen molar-refractivity contribution < 1.29 is 27.8 Å². The van der Waals surface area contributed by atoms with Crippen molar-refractivity contribution in [2.45, 2.75) is 6.18 Å². The summed E-state index contributed by atoms with van der Waals surface area (Å²) in [5.41, 5.74) is 0.598. The first-order valence-corrected chi connectivity index (χ1v) is 9.39. The average molecular weight is 439 g/mol. The van der Waals surface area contributed by atoms with Gasteiger partial charge in [0.25, 0.3) is 0 Å². The minimum Gasteiger partial charge on any atom is -0.496 e. The van der Waals surface area contributed by atoms with Gasteiger partial charge in [0.2, 0.25) is 0 Å². The molecule has 0 bridgehead atoms. The molecule has 4 rings (SSSR count). The second-order valence-electron chi connectivity index (χ2n) is 6.86. The van der Waals surface area contributed by atoms with Crippen LogP contribution >= 0.6 is 0 Å². The number of carboxylic acids is 1. The lowest BCUT2D eigenvalue weighted by Crippen LogP contribution is -2.08. The van der Waals surface area contributed by atoms with Crippen LogP contribution in [-0.2, 0) is 6.18 Å². The molecule has 9 heteroatoms. The van der Waals surface area contributed by atoms with Crippen molar-refractivity contribution in [3.63, 3.8) is 0 Å².